The number of Topliss-reactive ketones (excluding diaryl/α,β-unsaturated/α-hetero) is 2. The van der Waals surface area contributed by atoms with Gasteiger partial charge in [0.05, 0.1) is 13.2 Å². The van der Waals surface area contributed by atoms with E-state index < -0.39 is 8.32 Å². The summed E-state index contributed by atoms with van der Waals surface area (Å²) in [5.41, 5.74) is 0. The van der Waals surface area contributed by atoms with E-state index in [1.165, 1.54) is 6.92 Å². The lowest BCUT2D eigenvalue weighted by molar-refractivity contribution is -0.126. The minimum Gasteiger partial charge on any atom is -0.415 e. The highest BCUT2D eigenvalue weighted by Gasteiger charge is 2.13. The van der Waals surface area contributed by atoms with Gasteiger partial charge in [-0.3, -0.25) is 4.79 Å². The molecule has 94 valence electrons. The minimum atomic E-state index is -1.47. The van der Waals surface area contributed by atoms with E-state index in [2.05, 4.69) is 19.6 Å². The summed E-state index contributed by atoms with van der Waals surface area (Å²) in [4.78, 5) is 21.8. The maximum atomic E-state index is 11.2. The largest absolute Gasteiger partial charge is 0.415 e. The summed E-state index contributed by atoms with van der Waals surface area (Å²) in [7, 11) is -1.47. The maximum Gasteiger partial charge on any atom is 0.183 e. The molecule has 0 saturated heterocycles. The van der Waals surface area contributed by atoms with Crippen LogP contribution in [0.2, 0.25) is 19.6 Å². The van der Waals surface area contributed by atoms with Gasteiger partial charge in [0, 0.05) is 12.8 Å². The van der Waals surface area contributed by atoms with Gasteiger partial charge in [0.2, 0.25) is 0 Å². The zero-order valence-electron chi connectivity index (χ0n) is 10.7. The molecule has 0 aromatic rings. The second kappa shape index (κ2) is 7.70. The quantitative estimate of drug-likeness (QED) is 0.460. The number of carbonyl (C=O) groups is 2. The third-order valence-corrected chi connectivity index (χ3v) is 2.85. The molecule has 0 heterocycles. The van der Waals surface area contributed by atoms with Crippen LogP contribution >= 0.6 is 0 Å². The van der Waals surface area contributed by atoms with Crippen molar-refractivity contribution in [3.63, 3.8) is 0 Å². The number of ether oxygens (including phenoxy) is 1. The molecule has 0 rings (SSSR count). The van der Waals surface area contributed by atoms with Crippen molar-refractivity contribution >= 4 is 19.9 Å². The van der Waals surface area contributed by atoms with E-state index in [-0.39, 0.29) is 24.6 Å². The van der Waals surface area contributed by atoms with Gasteiger partial charge >= 0.3 is 0 Å². The zero-order valence-corrected chi connectivity index (χ0v) is 11.7. The molecule has 16 heavy (non-hydrogen) atoms. The molecule has 0 atom stereocenters. The van der Waals surface area contributed by atoms with E-state index in [4.69, 9.17) is 9.16 Å². The first-order chi connectivity index (χ1) is 7.31. The highest BCUT2D eigenvalue weighted by molar-refractivity contribution is 6.69. The summed E-state index contributed by atoms with van der Waals surface area (Å²) >= 11 is 0. The monoisotopic (exact) mass is 246 g/mol. The minimum absolute atomic E-state index is 0.0248. The predicted molar refractivity (Wildman–Crippen MR) is 65.0 cm³/mol. The lowest BCUT2D eigenvalue weighted by Gasteiger charge is -2.16. The van der Waals surface area contributed by atoms with Gasteiger partial charge < -0.3 is 14.0 Å². The summed E-state index contributed by atoms with van der Waals surface area (Å²) in [5.74, 6) is 0.0126. The average Bonchev–Trinajstić information content (AvgIpc) is 2.12. The second-order valence-electron chi connectivity index (χ2n) is 4.75. The third kappa shape index (κ3) is 11.6. The Morgan fingerprint density at radius 3 is 2.19 bits per heavy atom. The van der Waals surface area contributed by atoms with E-state index in [0.29, 0.717) is 19.6 Å². The van der Waals surface area contributed by atoms with Crippen molar-refractivity contribution in [2.24, 2.45) is 0 Å². The summed E-state index contributed by atoms with van der Waals surface area (Å²) in [5, 5.41) is 0. The summed E-state index contributed by atoms with van der Waals surface area (Å²) in [6.07, 6.45) is 0.595. The van der Waals surface area contributed by atoms with Gasteiger partial charge in [0.1, 0.15) is 12.4 Å². The van der Waals surface area contributed by atoms with Crippen molar-refractivity contribution in [2.45, 2.75) is 39.4 Å². The van der Waals surface area contributed by atoms with E-state index in [0.717, 1.165) is 0 Å². The predicted octanol–water partition coefficient (Wildman–Crippen LogP) is 1.79. The lowest BCUT2D eigenvalue weighted by atomic mass is 10.2. The Morgan fingerprint density at radius 2 is 1.69 bits per heavy atom. The fourth-order valence-electron chi connectivity index (χ4n) is 0.980. The van der Waals surface area contributed by atoms with Crippen LogP contribution in [-0.2, 0) is 18.8 Å². The van der Waals surface area contributed by atoms with Crippen LogP contribution in [0.3, 0.4) is 0 Å². The van der Waals surface area contributed by atoms with Gasteiger partial charge in [0.15, 0.2) is 14.1 Å². The molecule has 0 saturated carbocycles. The summed E-state index contributed by atoms with van der Waals surface area (Å²) in [6.45, 7) is 8.85. The first-order valence-corrected chi connectivity index (χ1v) is 8.95. The summed E-state index contributed by atoms with van der Waals surface area (Å²) in [6, 6.07) is 0. The zero-order chi connectivity index (χ0) is 12.6. The van der Waals surface area contributed by atoms with Crippen molar-refractivity contribution in [3.8, 4) is 0 Å². The van der Waals surface area contributed by atoms with Crippen molar-refractivity contribution < 1.29 is 18.8 Å². The molecule has 0 N–H and O–H groups in total. The van der Waals surface area contributed by atoms with Crippen LogP contribution in [0.15, 0.2) is 0 Å². The number of ketones is 2. The Labute approximate surface area is 98.4 Å². The molecule has 0 amide bonds. The molecule has 0 aliphatic carbocycles. The maximum absolute atomic E-state index is 11.2. The molecular weight excluding hydrogens is 224 g/mol. The second-order valence-corrected chi connectivity index (χ2v) is 9.27. The van der Waals surface area contributed by atoms with E-state index in [1.54, 1.807) is 0 Å². The molecule has 0 unspecified atom stereocenters. The highest BCUT2D eigenvalue weighted by atomic mass is 28.4. The molecule has 5 heteroatoms. The van der Waals surface area contributed by atoms with Crippen molar-refractivity contribution in [1.82, 2.24) is 0 Å². The van der Waals surface area contributed by atoms with Gasteiger partial charge in [-0.15, -0.1) is 0 Å². The first kappa shape index (κ1) is 15.5. The Morgan fingerprint density at radius 1 is 1.06 bits per heavy atom. The van der Waals surface area contributed by atoms with Crippen LogP contribution in [0.4, 0.5) is 0 Å². The topological polar surface area (TPSA) is 52.6 Å². The number of carbonyl (C=O) groups excluding carboxylic acids is 2. The standard InChI is InChI=1S/C11H22O4Si/c1-10(12)5-6-11(13)9-14-7-8-15-16(2,3)4/h5-9H2,1-4H3. The fourth-order valence-corrected chi connectivity index (χ4v) is 1.68. The van der Waals surface area contributed by atoms with Gasteiger partial charge in [0.25, 0.3) is 0 Å². The van der Waals surface area contributed by atoms with E-state index in [9.17, 15) is 9.59 Å². The lowest BCUT2D eigenvalue weighted by Crippen LogP contribution is -2.27. The fraction of sp³-hybridized carbons (Fsp3) is 0.818. The molecule has 0 aromatic heterocycles. The molecule has 4 nitrogen and oxygen atoms in total. The normalized spacial score (nSPS) is 11.5. The Kier molecular flexibility index (Phi) is 7.45. The SMILES string of the molecule is CC(=O)CCC(=O)COCCO[Si](C)(C)C. The average molecular weight is 246 g/mol. The van der Waals surface area contributed by atoms with Gasteiger partial charge in [-0.1, -0.05) is 0 Å². The van der Waals surface area contributed by atoms with Gasteiger partial charge in [-0.25, -0.2) is 0 Å². The summed E-state index contributed by atoms with van der Waals surface area (Å²) < 4.78 is 10.7. The third-order valence-electron chi connectivity index (χ3n) is 1.78. The Hall–Kier alpha value is -0.523. The molecule has 0 aromatic carbocycles. The molecule has 0 radical (unpaired) electrons. The van der Waals surface area contributed by atoms with Crippen LogP contribution < -0.4 is 0 Å². The van der Waals surface area contributed by atoms with Crippen LogP contribution in [0.5, 0.6) is 0 Å². The van der Waals surface area contributed by atoms with E-state index in [1.807, 2.05) is 0 Å². The molecule has 0 spiro atoms. The molecule has 0 fully saturated rings. The van der Waals surface area contributed by atoms with Crippen LogP contribution in [-0.4, -0.2) is 39.7 Å². The van der Waals surface area contributed by atoms with Crippen molar-refractivity contribution in [1.29, 1.82) is 0 Å². The smallest absolute Gasteiger partial charge is 0.183 e. The molecular formula is C11H22O4Si. The Balaban J connectivity index is 3.38. The van der Waals surface area contributed by atoms with Crippen LogP contribution in [0.1, 0.15) is 19.8 Å². The van der Waals surface area contributed by atoms with Crippen molar-refractivity contribution in [2.75, 3.05) is 19.8 Å². The molecule has 0 aliphatic heterocycles. The Bertz CT molecular complexity index is 233. The van der Waals surface area contributed by atoms with Gasteiger partial charge in [-0.05, 0) is 26.6 Å². The van der Waals surface area contributed by atoms with Crippen molar-refractivity contribution in [3.05, 3.63) is 0 Å². The molecule has 0 bridgehead atoms. The first-order valence-electron chi connectivity index (χ1n) is 5.54. The van der Waals surface area contributed by atoms with Crippen LogP contribution in [0, 0.1) is 0 Å². The van der Waals surface area contributed by atoms with E-state index >= 15 is 0 Å². The molecule has 0 aliphatic rings. The number of hydrogen-bond acceptors (Lipinski definition) is 4. The highest BCUT2D eigenvalue weighted by Crippen LogP contribution is 2.01. The van der Waals surface area contributed by atoms with Gasteiger partial charge in [-0.2, -0.15) is 0 Å². The van der Waals surface area contributed by atoms with Crippen LogP contribution in [0.25, 0.3) is 0 Å². The number of rotatable bonds is 9. The number of hydrogen-bond donors (Lipinski definition) is 0.